The molecule has 8 heteroatoms. The lowest BCUT2D eigenvalue weighted by molar-refractivity contribution is -0.113. The van der Waals surface area contributed by atoms with Gasteiger partial charge in [0, 0.05) is 10.6 Å². The van der Waals surface area contributed by atoms with E-state index in [0.29, 0.717) is 40.8 Å². The van der Waals surface area contributed by atoms with E-state index in [2.05, 4.69) is 11.9 Å². The molecule has 1 saturated heterocycles. The Bertz CT molecular complexity index is 1320. The quantitative estimate of drug-likeness (QED) is 0.210. The molecule has 0 aliphatic carbocycles. The van der Waals surface area contributed by atoms with E-state index in [1.54, 1.807) is 54.6 Å². The van der Waals surface area contributed by atoms with E-state index in [9.17, 15) is 14.0 Å². The summed E-state index contributed by atoms with van der Waals surface area (Å²) in [6, 6.07) is 15.5. The molecule has 6 nitrogen and oxygen atoms in total. The number of halogens is 2. The monoisotopic (exact) mass is 506 g/mol. The van der Waals surface area contributed by atoms with Crippen molar-refractivity contribution < 1.29 is 23.5 Å². The zero-order chi connectivity index (χ0) is 25.7. The molecule has 0 saturated carbocycles. The van der Waals surface area contributed by atoms with Gasteiger partial charge in [0.05, 0.1) is 12.3 Å². The van der Waals surface area contributed by atoms with Gasteiger partial charge in [0.25, 0.3) is 5.91 Å². The molecule has 4 rings (SSSR count). The number of amides is 3. The van der Waals surface area contributed by atoms with Gasteiger partial charge in [-0.1, -0.05) is 29.8 Å². The van der Waals surface area contributed by atoms with Crippen molar-refractivity contribution in [3.05, 3.63) is 107 Å². The highest BCUT2D eigenvalue weighted by Gasteiger charge is 2.35. The molecule has 1 fully saturated rings. The summed E-state index contributed by atoms with van der Waals surface area (Å²) >= 11 is 5.92. The minimum atomic E-state index is -0.552. The fourth-order valence-corrected chi connectivity index (χ4v) is 3.89. The van der Waals surface area contributed by atoms with Crippen molar-refractivity contribution in [2.24, 2.45) is 0 Å². The highest BCUT2D eigenvalue weighted by molar-refractivity contribution is 6.31. The van der Waals surface area contributed by atoms with Gasteiger partial charge in [-0.25, -0.2) is 14.1 Å². The van der Waals surface area contributed by atoms with Crippen molar-refractivity contribution in [2.45, 2.75) is 20.0 Å². The fraction of sp³-hybridized carbons (Fsp3) is 0.143. The van der Waals surface area contributed by atoms with Crippen molar-refractivity contribution in [1.82, 2.24) is 5.32 Å². The van der Waals surface area contributed by atoms with Crippen LogP contribution in [-0.4, -0.2) is 18.5 Å². The van der Waals surface area contributed by atoms with Crippen LogP contribution < -0.4 is 19.7 Å². The van der Waals surface area contributed by atoms with E-state index >= 15 is 0 Å². The highest BCUT2D eigenvalue weighted by atomic mass is 35.5. The molecule has 0 aromatic heterocycles. The molecule has 1 N–H and O–H groups in total. The Hall–Kier alpha value is -4.10. The lowest BCUT2D eigenvalue weighted by Gasteiger charge is -2.17. The third-order valence-electron chi connectivity index (χ3n) is 5.39. The second-order valence-corrected chi connectivity index (χ2v) is 8.39. The van der Waals surface area contributed by atoms with Crippen molar-refractivity contribution in [3.63, 3.8) is 0 Å². The van der Waals surface area contributed by atoms with Gasteiger partial charge >= 0.3 is 6.03 Å². The molecule has 1 aliphatic heterocycles. The Kier molecular flexibility index (Phi) is 7.71. The first-order valence-electron chi connectivity index (χ1n) is 11.3. The van der Waals surface area contributed by atoms with Gasteiger partial charge in [0.15, 0.2) is 11.5 Å². The van der Waals surface area contributed by atoms with Gasteiger partial charge in [-0.15, -0.1) is 6.58 Å². The van der Waals surface area contributed by atoms with Crippen LogP contribution in [0.5, 0.6) is 11.5 Å². The zero-order valence-corrected chi connectivity index (χ0v) is 20.3. The van der Waals surface area contributed by atoms with Crippen LogP contribution in [0.1, 0.15) is 23.6 Å². The molecule has 184 valence electrons. The molecule has 0 unspecified atom stereocenters. The zero-order valence-electron chi connectivity index (χ0n) is 19.6. The van der Waals surface area contributed by atoms with Crippen LogP contribution in [0.15, 0.2) is 79.0 Å². The third kappa shape index (κ3) is 5.58. The van der Waals surface area contributed by atoms with Gasteiger partial charge in [0.1, 0.15) is 18.1 Å². The summed E-state index contributed by atoms with van der Waals surface area (Å²) in [6.45, 7) is 6.29. The number of nitrogens with one attached hydrogen (secondary N) is 1. The summed E-state index contributed by atoms with van der Waals surface area (Å²) in [4.78, 5) is 26.6. The Morgan fingerprint density at radius 1 is 1.06 bits per heavy atom. The fourth-order valence-electron chi connectivity index (χ4n) is 3.76. The van der Waals surface area contributed by atoms with Crippen molar-refractivity contribution in [1.29, 1.82) is 0 Å². The molecule has 3 aromatic rings. The Balaban J connectivity index is 1.65. The van der Waals surface area contributed by atoms with Crippen molar-refractivity contribution in [2.75, 3.05) is 11.5 Å². The molecule has 3 amide bonds. The first-order chi connectivity index (χ1) is 17.4. The minimum Gasteiger partial charge on any atom is -0.490 e. The molecule has 0 spiro atoms. The summed E-state index contributed by atoms with van der Waals surface area (Å²) in [6.07, 6.45) is 3.81. The number of carbonyl (C=O) groups excluding carboxylic acids is 2. The number of imide groups is 1. The Morgan fingerprint density at radius 2 is 1.78 bits per heavy atom. The number of benzene rings is 3. The van der Waals surface area contributed by atoms with Crippen LogP contribution in [0.2, 0.25) is 5.02 Å². The summed E-state index contributed by atoms with van der Waals surface area (Å²) in [5.41, 5.74) is 2.78. The Labute approximate surface area is 213 Å². The molecule has 1 heterocycles. The topological polar surface area (TPSA) is 67.9 Å². The number of nitrogens with zero attached hydrogens (tertiary/aromatic N) is 1. The molecule has 1 aliphatic rings. The van der Waals surface area contributed by atoms with E-state index in [4.69, 9.17) is 21.1 Å². The number of hydrogen-bond donors (Lipinski definition) is 1. The van der Waals surface area contributed by atoms with Gasteiger partial charge in [0.2, 0.25) is 0 Å². The van der Waals surface area contributed by atoms with Crippen LogP contribution in [0.4, 0.5) is 14.9 Å². The van der Waals surface area contributed by atoms with Gasteiger partial charge in [-0.3, -0.25) is 4.79 Å². The van der Waals surface area contributed by atoms with Crippen LogP contribution in [0.25, 0.3) is 6.08 Å². The normalized spacial score (nSPS) is 14.2. The van der Waals surface area contributed by atoms with Gasteiger partial charge in [-0.2, -0.15) is 0 Å². The van der Waals surface area contributed by atoms with E-state index in [1.165, 1.54) is 12.1 Å². The number of ether oxygens (including phenoxy) is 2. The highest BCUT2D eigenvalue weighted by Crippen LogP contribution is 2.36. The van der Waals surface area contributed by atoms with E-state index < -0.39 is 11.9 Å². The molecule has 0 atom stereocenters. The van der Waals surface area contributed by atoms with Crippen LogP contribution in [0, 0.1) is 5.82 Å². The SMILES string of the molecule is C=CCc1cc(/C=C2/NC(=O)N(c3ccc(Cl)cc3)C2=O)cc(OCC)c1OCc1ccc(F)cc1. The largest absolute Gasteiger partial charge is 0.490 e. The molecule has 3 aromatic carbocycles. The minimum absolute atomic E-state index is 0.127. The number of rotatable bonds is 9. The predicted molar refractivity (Wildman–Crippen MR) is 138 cm³/mol. The third-order valence-corrected chi connectivity index (χ3v) is 5.64. The maximum atomic E-state index is 13.2. The average Bonchev–Trinajstić information content (AvgIpc) is 3.13. The second-order valence-electron chi connectivity index (χ2n) is 7.95. The Morgan fingerprint density at radius 3 is 2.44 bits per heavy atom. The van der Waals surface area contributed by atoms with Crippen LogP contribution in [0.3, 0.4) is 0 Å². The summed E-state index contributed by atoms with van der Waals surface area (Å²) < 4.78 is 25.2. The molecular formula is C28H24ClFN2O4. The van der Waals surface area contributed by atoms with Crippen LogP contribution in [-0.2, 0) is 17.8 Å². The average molecular weight is 507 g/mol. The first kappa shape index (κ1) is 25.0. The van der Waals surface area contributed by atoms with Crippen molar-refractivity contribution in [3.8, 4) is 11.5 Å². The molecular weight excluding hydrogens is 483 g/mol. The predicted octanol–water partition coefficient (Wildman–Crippen LogP) is 6.28. The molecule has 0 radical (unpaired) electrons. The first-order valence-corrected chi connectivity index (χ1v) is 11.7. The number of hydrogen-bond acceptors (Lipinski definition) is 4. The molecule has 36 heavy (non-hydrogen) atoms. The maximum absolute atomic E-state index is 13.2. The summed E-state index contributed by atoms with van der Waals surface area (Å²) in [5.74, 6) is 0.216. The standard InChI is InChI=1S/C28H24ClFN2O4/c1-3-5-20-14-19(15-24-27(33)32(28(34)31-24)23-12-8-21(29)9-13-23)16-25(35-4-2)26(20)36-17-18-6-10-22(30)11-7-18/h3,6-16H,1,4-5,17H2,2H3,(H,31,34)/b24-15+. The second kappa shape index (κ2) is 11.1. The van der Waals surface area contributed by atoms with E-state index in [0.717, 1.165) is 16.0 Å². The number of allylic oxidation sites excluding steroid dienone is 1. The van der Waals surface area contributed by atoms with E-state index in [1.807, 2.05) is 13.0 Å². The van der Waals surface area contributed by atoms with Gasteiger partial charge in [-0.05, 0) is 79.1 Å². The smallest absolute Gasteiger partial charge is 0.333 e. The van der Waals surface area contributed by atoms with Crippen molar-refractivity contribution >= 4 is 35.3 Å². The maximum Gasteiger partial charge on any atom is 0.333 e. The van der Waals surface area contributed by atoms with Crippen LogP contribution >= 0.6 is 11.6 Å². The lowest BCUT2D eigenvalue weighted by atomic mass is 10.0. The molecule has 0 bridgehead atoms. The number of anilines is 1. The lowest BCUT2D eigenvalue weighted by Crippen LogP contribution is -2.30. The summed E-state index contributed by atoms with van der Waals surface area (Å²) in [5, 5.41) is 3.13. The van der Waals surface area contributed by atoms with E-state index in [-0.39, 0.29) is 18.1 Å². The number of carbonyl (C=O) groups is 2. The number of urea groups is 1. The summed E-state index contributed by atoms with van der Waals surface area (Å²) in [7, 11) is 0. The van der Waals surface area contributed by atoms with Gasteiger partial charge < -0.3 is 14.8 Å².